The number of benzene rings is 2. The predicted octanol–water partition coefficient (Wildman–Crippen LogP) is 3.26. The Morgan fingerprint density at radius 3 is 2.43 bits per heavy atom. The van der Waals surface area contributed by atoms with Crippen LogP contribution in [-0.2, 0) is 6.42 Å². The first-order valence-corrected chi connectivity index (χ1v) is 10.7. The molecule has 0 aliphatic carbocycles. The third-order valence-corrected chi connectivity index (χ3v) is 6.31. The number of nitrogens with one attached hydrogen (secondary N) is 1. The van der Waals surface area contributed by atoms with Crippen LogP contribution < -0.4 is 19.7 Å². The number of carbonyl (C=O) groups excluding carboxylic acids is 1. The average molecular weight is 410 g/mol. The lowest BCUT2D eigenvalue weighted by atomic mass is 10.0. The van der Waals surface area contributed by atoms with Crippen LogP contribution in [-0.4, -0.2) is 58.3 Å². The van der Waals surface area contributed by atoms with Crippen LogP contribution in [0.25, 0.3) is 0 Å². The molecule has 0 aromatic heterocycles. The van der Waals surface area contributed by atoms with Gasteiger partial charge in [0.1, 0.15) is 17.1 Å². The van der Waals surface area contributed by atoms with Crippen LogP contribution in [0.15, 0.2) is 36.4 Å². The van der Waals surface area contributed by atoms with Gasteiger partial charge in [0.25, 0.3) is 5.91 Å². The number of likely N-dealkylation sites (tertiary alicyclic amines) is 1. The van der Waals surface area contributed by atoms with Gasteiger partial charge < -0.3 is 19.7 Å². The molecule has 0 saturated carbocycles. The standard InChI is InChI=1S/C24H31N3O3/c1-26-14-11-18-15-17(9-10-19(18)26)20(27-12-4-5-13-27)16-25-24(28)23-21(29-2)7-6-8-22(23)30-3/h6-10,15,20H,4-5,11-14,16H2,1-3H3,(H,25,28)/t20-/m0/s1. The van der Waals surface area contributed by atoms with Crippen molar-refractivity contribution in [1.82, 2.24) is 10.2 Å². The van der Waals surface area contributed by atoms with Gasteiger partial charge in [0.15, 0.2) is 0 Å². The Kier molecular flexibility index (Phi) is 6.13. The molecule has 2 heterocycles. The Morgan fingerprint density at radius 1 is 1.07 bits per heavy atom. The molecule has 4 rings (SSSR count). The predicted molar refractivity (Wildman–Crippen MR) is 119 cm³/mol. The highest BCUT2D eigenvalue weighted by Crippen LogP contribution is 2.33. The van der Waals surface area contributed by atoms with E-state index in [4.69, 9.17) is 9.47 Å². The van der Waals surface area contributed by atoms with Crippen LogP contribution >= 0.6 is 0 Å². The van der Waals surface area contributed by atoms with Crippen LogP contribution in [0.4, 0.5) is 5.69 Å². The highest BCUT2D eigenvalue weighted by Gasteiger charge is 2.27. The lowest BCUT2D eigenvalue weighted by Crippen LogP contribution is -2.37. The molecule has 2 aliphatic heterocycles. The van der Waals surface area contributed by atoms with Crippen molar-refractivity contribution in [3.05, 3.63) is 53.1 Å². The molecule has 160 valence electrons. The normalized spacial score (nSPS) is 17.0. The molecule has 1 saturated heterocycles. The lowest BCUT2D eigenvalue weighted by molar-refractivity contribution is 0.0931. The monoisotopic (exact) mass is 409 g/mol. The minimum atomic E-state index is -0.172. The Labute approximate surface area is 178 Å². The summed E-state index contributed by atoms with van der Waals surface area (Å²) in [6, 6.07) is 12.3. The summed E-state index contributed by atoms with van der Waals surface area (Å²) >= 11 is 0. The van der Waals surface area contributed by atoms with E-state index in [1.807, 2.05) is 6.07 Å². The molecule has 2 aliphatic rings. The van der Waals surface area contributed by atoms with Gasteiger partial charge in [0.2, 0.25) is 0 Å². The number of hydrogen-bond acceptors (Lipinski definition) is 5. The van der Waals surface area contributed by atoms with E-state index >= 15 is 0 Å². The van der Waals surface area contributed by atoms with Crippen LogP contribution in [0, 0.1) is 0 Å². The largest absolute Gasteiger partial charge is 0.496 e. The minimum absolute atomic E-state index is 0.161. The fraction of sp³-hybridized carbons (Fsp3) is 0.458. The van der Waals surface area contributed by atoms with E-state index in [0.29, 0.717) is 23.6 Å². The smallest absolute Gasteiger partial charge is 0.258 e. The third kappa shape index (κ3) is 3.97. The number of ether oxygens (including phenoxy) is 2. The second-order valence-corrected chi connectivity index (χ2v) is 8.07. The molecule has 0 spiro atoms. The zero-order valence-electron chi connectivity index (χ0n) is 18.1. The zero-order valence-corrected chi connectivity index (χ0v) is 18.1. The van der Waals surface area contributed by atoms with Crippen molar-refractivity contribution in [1.29, 1.82) is 0 Å². The molecule has 1 amide bonds. The van der Waals surface area contributed by atoms with E-state index in [0.717, 1.165) is 26.1 Å². The van der Waals surface area contributed by atoms with Crippen LogP contribution in [0.3, 0.4) is 0 Å². The summed E-state index contributed by atoms with van der Waals surface area (Å²) in [5, 5.41) is 3.15. The highest BCUT2D eigenvalue weighted by molar-refractivity contribution is 5.99. The van der Waals surface area contributed by atoms with Crippen molar-refractivity contribution >= 4 is 11.6 Å². The number of methoxy groups -OCH3 is 2. The summed E-state index contributed by atoms with van der Waals surface area (Å²) in [6.45, 7) is 3.75. The van der Waals surface area contributed by atoms with Crippen molar-refractivity contribution in [3.63, 3.8) is 0 Å². The SMILES string of the molecule is COc1cccc(OC)c1C(=O)NC[C@@H](c1ccc2c(c1)CCN2C)N1CCCC1. The van der Waals surface area contributed by atoms with Crippen molar-refractivity contribution in [2.45, 2.75) is 25.3 Å². The lowest BCUT2D eigenvalue weighted by Gasteiger charge is -2.29. The van der Waals surface area contributed by atoms with Crippen molar-refractivity contribution < 1.29 is 14.3 Å². The second-order valence-electron chi connectivity index (χ2n) is 8.07. The molecule has 1 fully saturated rings. The number of hydrogen-bond donors (Lipinski definition) is 1. The summed E-state index contributed by atoms with van der Waals surface area (Å²) in [7, 11) is 5.28. The minimum Gasteiger partial charge on any atom is -0.496 e. The van der Waals surface area contributed by atoms with Gasteiger partial charge in [-0.25, -0.2) is 0 Å². The van der Waals surface area contributed by atoms with Crippen molar-refractivity contribution in [2.75, 3.05) is 52.3 Å². The third-order valence-electron chi connectivity index (χ3n) is 6.31. The molecule has 2 aromatic rings. The quantitative estimate of drug-likeness (QED) is 0.761. The summed E-state index contributed by atoms with van der Waals surface area (Å²) in [5.41, 5.74) is 4.44. The van der Waals surface area contributed by atoms with E-state index in [9.17, 15) is 4.79 Å². The summed E-state index contributed by atoms with van der Waals surface area (Å²) in [5.74, 6) is 0.865. The van der Waals surface area contributed by atoms with Gasteiger partial charge in [-0.3, -0.25) is 9.69 Å². The molecular weight excluding hydrogens is 378 g/mol. The van der Waals surface area contributed by atoms with Gasteiger partial charge in [-0.15, -0.1) is 0 Å². The second kappa shape index (κ2) is 8.96. The Morgan fingerprint density at radius 2 is 1.77 bits per heavy atom. The highest BCUT2D eigenvalue weighted by atomic mass is 16.5. The molecule has 0 radical (unpaired) electrons. The maximum absolute atomic E-state index is 13.1. The topological polar surface area (TPSA) is 54.0 Å². The number of rotatable bonds is 7. The van der Waals surface area contributed by atoms with Gasteiger partial charge in [-0.05, 0) is 61.7 Å². The first-order valence-electron chi connectivity index (χ1n) is 10.7. The van der Waals surface area contributed by atoms with Gasteiger partial charge in [0, 0.05) is 25.8 Å². The van der Waals surface area contributed by atoms with Gasteiger partial charge in [0.05, 0.1) is 20.3 Å². The summed E-state index contributed by atoms with van der Waals surface area (Å²) in [4.78, 5) is 17.9. The van der Waals surface area contributed by atoms with E-state index in [1.54, 1.807) is 26.4 Å². The molecule has 0 unspecified atom stereocenters. The number of carbonyl (C=O) groups is 1. The zero-order chi connectivity index (χ0) is 21.1. The molecule has 0 bridgehead atoms. The average Bonchev–Trinajstić information content (AvgIpc) is 3.43. The maximum Gasteiger partial charge on any atom is 0.258 e. The maximum atomic E-state index is 13.1. The van der Waals surface area contributed by atoms with Crippen molar-refractivity contribution in [3.8, 4) is 11.5 Å². The van der Waals surface area contributed by atoms with Crippen LogP contribution in [0.2, 0.25) is 0 Å². The van der Waals surface area contributed by atoms with E-state index in [1.165, 1.54) is 29.7 Å². The van der Waals surface area contributed by atoms with Gasteiger partial charge >= 0.3 is 0 Å². The first kappa shape index (κ1) is 20.5. The molecule has 6 heteroatoms. The first-order chi connectivity index (χ1) is 14.6. The molecular formula is C24H31N3O3. The van der Waals surface area contributed by atoms with Crippen molar-refractivity contribution in [2.24, 2.45) is 0 Å². The number of fused-ring (bicyclic) bond motifs is 1. The molecule has 2 aromatic carbocycles. The number of amides is 1. The van der Waals surface area contributed by atoms with Crippen LogP contribution in [0.1, 0.15) is 40.4 Å². The van der Waals surface area contributed by atoms with E-state index in [2.05, 4.69) is 40.4 Å². The molecule has 6 nitrogen and oxygen atoms in total. The summed E-state index contributed by atoms with van der Waals surface area (Å²) in [6.07, 6.45) is 3.49. The Hall–Kier alpha value is -2.73. The van der Waals surface area contributed by atoms with E-state index in [-0.39, 0.29) is 11.9 Å². The number of nitrogens with zero attached hydrogens (tertiary/aromatic N) is 2. The van der Waals surface area contributed by atoms with Gasteiger partial charge in [-0.2, -0.15) is 0 Å². The fourth-order valence-corrected chi connectivity index (χ4v) is 4.66. The number of anilines is 1. The fourth-order valence-electron chi connectivity index (χ4n) is 4.66. The van der Waals surface area contributed by atoms with E-state index < -0.39 is 0 Å². The molecule has 1 atom stereocenters. The van der Waals surface area contributed by atoms with Gasteiger partial charge in [-0.1, -0.05) is 18.2 Å². The van der Waals surface area contributed by atoms with Crippen LogP contribution in [0.5, 0.6) is 11.5 Å². The Bertz CT molecular complexity index is 886. The molecule has 1 N–H and O–H groups in total. The Balaban J connectivity index is 1.56. The summed E-state index contributed by atoms with van der Waals surface area (Å²) < 4.78 is 10.8. The molecule has 30 heavy (non-hydrogen) atoms. The number of likely N-dealkylation sites (N-methyl/N-ethyl adjacent to an activating group) is 1.